The molecule has 1 aliphatic heterocycles. The Bertz CT molecular complexity index is 676. The van der Waals surface area contributed by atoms with Gasteiger partial charge in [0.25, 0.3) is 0 Å². The number of amides is 1. The van der Waals surface area contributed by atoms with Crippen LogP contribution in [-0.2, 0) is 17.8 Å². The summed E-state index contributed by atoms with van der Waals surface area (Å²) < 4.78 is 0. The minimum absolute atomic E-state index is 0.160. The molecule has 1 N–H and O–H groups in total. The lowest BCUT2D eigenvalue weighted by Gasteiger charge is -2.29. The van der Waals surface area contributed by atoms with Crippen molar-refractivity contribution in [2.75, 3.05) is 18.4 Å². The molecule has 2 aromatic rings. The van der Waals surface area contributed by atoms with Gasteiger partial charge in [-0.05, 0) is 41.2 Å². The van der Waals surface area contributed by atoms with Crippen molar-refractivity contribution in [3.63, 3.8) is 0 Å². The molecule has 0 unspecified atom stereocenters. The van der Waals surface area contributed by atoms with Crippen LogP contribution in [0.4, 0.5) is 5.69 Å². The second kappa shape index (κ2) is 6.86. The van der Waals surface area contributed by atoms with Crippen LogP contribution < -0.4 is 5.32 Å². The molecule has 1 amide bonds. The van der Waals surface area contributed by atoms with E-state index >= 15 is 0 Å². The Morgan fingerprint density at radius 2 is 1.78 bits per heavy atom. The van der Waals surface area contributed by atoms with E-state index < -0.39 is 0 Å². The van der Waals surface area contributed by atoms with Crippen molar-refractivity contribution in [2.24, 2.45) is 0 Å². The van der Waals surface area contributed by atoms with Gasteiger partial charge in [0.1, 0.15) is 0 Å². The maximum Gasteiger partial charge on any atom is 0.242 e. The van der Waals surface area contributed by atoms with E-state index in [1.807, 2.05) is 23.1 Å². The van der Waals surface area contributed by atoms with Gasteiger partial charge in [0.15, 0.2) is 0 Å². The second-order valence-corrected chi connectivity index (χ2v) is 6.46. The first-order valence-electron chi connectivity index (χ1n) is 8.32. The maximum atomic E-state index is 12.4. The number of carbonyl (C=O) groups is 1. The second-order valence-electron chi connectivity index (χ2n) is 6.46. The predicted octanol–water partition coefficient (Wildman–Crippen LogP) is 3.81. The number of nitrogens with zero attached hydrogens (tertiary/aromatic N) is 1. The summed E-state index contributed by atoms with van der Waals surface area (Å²) in [7, 11) is 0. The summed E-state index contributed by atoms with van der Waals surface area (Å²) in [5.41, 5.74) is 4.96. The largest absolute Gasteiger partial charge is 0.376 e. The standard InChI is InChI=1S/C20H24N2O/c1-15(2)16-7-9-19(10-8-16)21-13-20(23)22-12-11-17-5-3-4-6-18(17)14-22/h3-10,15,21H,11-14H2,1-2H3. The SMILES string of the molecule is CC(C)c1ccc(NCC(=O)N2CCc3ccccc3C2)cc1. The molecule has 1 aliphatic rings. The van der Waals surface area contributed by atoms with Gasteiger partial charge in [-0.3, -0.25) is 4.79 Å². The number of hydrogen-bond donors (Lipinski definition) is 1. The number of nitrogens with one attached hydrogen (secondary N) is 1. The molecule has 0 saturated heterocycles. The van der Waals surface area contributed by atoms with Crippen LogP contribution in [0.1, 0.15) is 36.5 Å². The van der Waals surface area contributed by atoms with Gasteiger partial charge in [0.05, 0.1) is 6.54 Å². The van der Waals surface area contributed by atoms with Gasteiger partial charge in [0, 0.05) is 18.8 Å². The van der Waals surface area contributed by atoms with Crippen molar-refractivity contribution >= 4 is 11.6 Å². The molecular formula is C20H24N2O. The van der Waals surface area contributed by atoms with E-state index in [1.165, 1.54) is 16.7 Å². The third-order valence-electron chi connectivity index (χ3n) is 4.50. The van der Waals surface area contributed by atoms with Crippen LogP contribution >= 0.6 is 0 Å². The van der Waals surface area contributed by atoms with Crippen LogP contribution in [0.2, 0.25) is 0 Å². The first kappa shape index (κ1) is 15.6. The number of anilines is 1. The lowest BCUT2D eigenvalue weighted by molar-refractivity contribution is -0.130. The highest BCUT2D eigenvalue weighted by Crippen LogP contribution is 2.19. The Kier molecular flexibility index (Phi) is 4.65. The summed E-state index contributed by atoms with van der Waals surface area (Å²) in [6, 6.07) is 16.7. The average molecular weight is 308 g/mol. The highest BCUT2D eigenvalue weighted by atomic mass is 16.2. The first-order chi connectivity index (χ1) is 11.1. The van der Waals surface area contributed by atoms with Crippen molar-refractivity contribution in [3.05, 3.63) is 65.2 Å². The Morgan fingerprint density at radius 3 is 2.48 bits per heavy atom. The highest BCUT2D eigenvalue weighted by Gasteiger charge is 2.19. The molecular weight excluding hydrogens is 284 g/mol. The summed E-state index contributed by atoms with van der Waals surface area (Å²) in [5.74, 6) is 0.687. The van der Waals surface area contributed by atoms with Crippen molar-refractivity contribution in [3.8, 4) is 0 Å². The van der Waals surface area contributed by atoms with Crippen molar-refractivity contribution in [2.45, 2.75) is 32.7 Å². The third kappa shape index (κ3) is 3.73. The topological polar surface area (TPSA) is 32.3 Å². The molecule has 0 radical (unpaired) electrons. The molecule has 0 bridgehead atoms. The fraction of sp³-hybridized carbons (Fsp3) is 0.350. The first-order valence-corrected chi connectivity index (χ1v) is 8.32. The molecule has 0 fully saturated rings. The van der Waals surface area contributed by atoms with Crippen LogP contribution in [0.3, 0.4) is 0 Å². The zero-order valence-electron chi connectivity index (χ0n) is 13.9. The monoisotopic (exact) mass is 308 g/mol. The Labute approximate surface area is 138 Å². The van der Waals surface area contributed by atoms with Gasteiger partial charge in [-0.15, -0.1) is 0 Å². The zero-order valence-corrected chi connectivity index (χ0v) is 13.9. The molecule has 0 saturated carbocycles. The smallest absolute Gasteiger partial charge is 0.242 e. The van der Waals surface area contributed by atoms with E-state index in [1.54, 1.807) is 0 Å². The van der Waals surface area contributed by atoms with Crippen molar-refractivity contribution in [1.82, 2.24) is 4.90 Å². The summed E-state index contributed by atoms with van der Waals surface area (Å²) in [6.07, 6.45) is 0.949. The average Bonchev–Trinajstić information content (AvgIpc) is 2.59. The van der Waals surface area contributed by atoms with Crippen molar-refractivity contribution < 1.29 is 4.79 Å². The van der Waals surface area contributed by atoms with E-state index in [2.05, 4.69) is 49.5 Å². The van der Waals surface area contributed by atoms with Gasteiger partial charge in [-0.25, -0.2) is 0 Å². The van der Waals surface area contributed by atoms with Crippen LogP contribution in [-0.4, -0.2) is 23.9 Å². The molecule has 2 aromatic carbocycles. The normalized spacial score (nSPS) is 13.8. The number of hydrogen-bond acceptors (Lipinski definition) is 2. The lowest BCUT2D eigenvalue weighted by Crippen LogP contribution is -2.39. The van der Waals surface area contributed by atoms with Crippen LogP contribution in [0.5, 0.6) is 0 Å². The maximum absolute atomic E-state index is 12.4. The molecule has 0 aromatic heterocycles. The van der Waals surface area contributed by atoms with Gasteiger partial charge in [0.2, 0.25) is 5.91 Å². The summed E-state index contributed by atoms with van der Waals surface area (Å²) >= 11 is 0. The number of fused-ring (bicyclic) bond motifs is 1. The van der Waals surface area contributed by atoms with E-state index in [0.29, 0.717) is 12.5 Å². The van der Waals surface area contributed by atoms with E-state index in [-0.39, 0.29) is 5.91 Å². The molecule has 23 heavy (non-hydrogen) atoms. The third-order valence-corrected chi connectivity index (χ3v) is 4.50. The minimum atomic E-state index is 0.160. The van der Waals surface area contributed by atoms with Crippen LogP contribution in [0.25, 0.3) is 0 Å². The van der Waals surface area contributed by atoms with Crippen LogP contribution in [0.15, 0.2) is 48.5 Å². The van der Waals surface area contributed by atoms with E-state index in [4.69, 9.17) is 0 Å². The van der Waals surface area contributed by atoms with Crippen molar-refractivity contribution in [1.29, 1.82) is 0 Å². The summed E-state index contributed by atoms with van der Waals surface area (Å²) in [5, 5.41) is 3.24. The summed E-state index contributed by atoms with van der Waals surface area (Å²) in [6.45, 7) is 6.25. The molecule has 0 spiro atoms. The minimum Gasteiger partial charge on any atom is -0.376 e. The molecule has 3 heteroatoms. The number of rotatable bonds is 4. The molecule has 1 heterocycles. The molecule has 3 nitrogen and oxygen atoms in total. The highest BCUT2D eigenvalue weighted by molar-refractivity contribution is 5.81. The molecule has 3 rings (SSSR count). The Balaban J connectivity index is 1.56. The van der Waals surface area contributed by atoms with Gasteiger partial charge in [-0.2, -0.15) is 0 Å². The quantitative estimate of drug-likeness (QED) is 0.931. The van der Waals surface area contributed by atoms with Gasteiger partial charge in [-0.1, -0.05) is 50.2 Å². The van der Waals surface area contributed by atoms with E-state index in [0.717, 1.165) is 25.2 Å². The molecule has 120 valence electrons. The Morgan fingerprint density at radius 1 is 1.09 bits per heavy atom. The van der Waals surface area contributed by atoms with Gasteiger partial charge >= 0.3 is 0 Å². The Hall–Kier alpha value is -2.29. The summed E-state index contributed by atoms with van der Waals surface area (Å²) in [4.78, 5) is 14.4. The van der Waals surface area contributed by atoms with Crippen LogP contribution in [0, 0.1) is 0 Å². The fourth-order valence-corrected chi connectivity index (χ4v) is 2.98. The predicted molar refractivity (Wildman–Crippen MR) is 94.6 cm³/mol. The molecule has 0 aliphatic carbocycles. The fourth-order valence-electron chi connectivity index (χ4n) is 2.98. The van der Waals surface area contributed by atoms with Gasteiger partial charge < -0.3 is 10.2 Å². The zero-order chi connectivity index (χ0) is 16.2. The number of carbonyl (C=O) groups excluding carboxylic acids is 1. The lowest BCUT2D eigenvalue weighted by atomic mass is 10.00. The van der Waals surface area contributed by atoms with E-state index in [9.17, 15) is 4.79 Å². The number of benzene rings is 2. The molecule has 0 atom stereocenters.